The van der Waals surface area contributed by atoms with E-state index in [-0.39, 0.29) is 23.9 Å². The molecule has 2 fully saturated rings. The summed E-state index contributed by atoms with van der Waals surface area (Å²) in [4.78, 5) is 42.8. The average molecular weight is 429 g/mol. The van der Waals surface area contributed by atoms with Crippen LogP contribution in [0.25, 0.3) is 0 Å². The van der Waals surface area contributed by atoms with Crippen molar-refractivity contribution in [3.63, 3.8) is 0 Å². The normalized spacial score (nSPS) is 22.8. The molecule has 3 amide bonds. The maximum Gasteiger partial charge on any atom is 0.410 e. The number of benzene rings is 1. The maximum absolute atomic E-state index is 12.5. The van der Waals surface area contributed by atoms with E-state index < -0.39 is 5.60 Å². The molecular formula is C23H32N4O4. The van der Waals surface area contributed by atoms with Gasteiger partial charge in [-0.1, -0.05) is 12.1 Å². The van der Waals surface area contributed by atoms with E-state index in [2.05, 4.69) is 27.2 Å². The number of carbonyl (C=O) groups is 3. The van der Waals surface area contributed by atoms with Crippen molar-refractivity contribution in [2.45, 2.75) is 64.1 Å². The van der Waals surface area contributed by atoms with Gasteiger partial charge in [-0.2, -0.15) is 0 Å². The molecule has 1 N–H and O–H groups in total. The van der Waals surface area contributed by atoms with E-state index in [1.54, 1.807) is 4.90 Å². The fourth-order valence-corrected chi connectivity index (χ4v) is 4.78. The largest absolute Gasteiger partial charge is 0.444 e. The van der Waals surface area contributed by atoms with E-state index in [1.165, 1.54) is 0 Å². The molecule has 2 saturated heterocycles. The number of para-hydroxylation sites is 2. The third-order valence-corrected chi connectivity index (χ3v) is 6.23. The molecule has 4 rings (SSSR count). The highest BCUT2D eigenvalue weighted by Gasteiger charge is 2.38. The second kappa shape index (κ2) is 8.40. The summed E-state index contributed by atoms with van der Waals surface area (Å²) in [6.07, 6.45) is 2.45. The van der Waals surface area contributed by atoms with Crippen LogP contribution < -0.4 is 15.1 Å². The first-order valence-corrected chi connectivity index (χ1v) is 11.2. The summed E-state index contributed by atoms with van der Waals surface area (Å²) in [5.41, 5.74) is 1.67. The Bertz CT molecular complexity index is 857. The minimum absolute atomic E-state index is 0.190. The number of amides is 3. The monoisotopic (exact) mass is 428 g/mol. The quantitative estimate of drug-likeness (QED) is 0.729. The molecule has 0 spiro atoms. The van der Waals surface area contributed by atoms with E-state index >= 15 is 0 Å². The van der Waals surface area contributed by atoms with Crippen molar-refractivity contribution in [1.29, 1.82) is 0 Å². The van der Waals surface area contributed by atoms with Gasteiger partial charge in [0.2, 0.25) is 11.8 Å². The molecule has 168 valence electrons. The van der Waals surface area contributed by atoms with Gasteiger partial charge >= 0.3 is 6.09 Å². The number of imide groups is 1. The molecule has 1 unspecified atom stereocenters. The first-order valence-electron chi connectivity index (χ1n) is 11.2. The fourth-order valence-electron chi connectivity index (χ4n) is 4.78. The lowest BCUT2D eigenvalue weighted by atomic mass is 9.98. The number of ether oxygens (including phenoxy) is 1. The van der Waals surface area contributed by atoms with Crippen molar-refractivity contribution < 1.29 is 19.1 Å². The van der Waals surface area contributed by atoms with Crippen molar-refractivity contribution in [2.24, 2.45) is 0 Å². The van der Waals surface area contributed by atoms with Crippen molar-refractivity contribution in [2.75, 3.05) is 36.0 Å². The summed E-state index contributed by atoms with van der Waals surface area (Å²) in [5.74, 6) is -0.393. The van der Waals surface area contributed by atoms with Crippen molar-refractivity contribution >= 4 is 29.3 Å². The number of hydrogen-bond acceptors (Lipinski definition) is 6. The predicted octanol–water partition coefficient (Wildman–Crippen LogP) is 2.52. The topological polar surface area (TPSA) is 82.2 Å². The van der Waals surface area contributed by atoms with Gasteiger partial charge in [0.15, 0.2) is 0 Å². The summed E-state index contributed by atoms with van der Waals surface area (Å²) >= 11 is 0. The molecule has 31 heavy (non-hydrogen) atoms. The van der Waals surface area contributed by atoms with Crippen LogP contribution in [0, 0.1) is 0 Å². The third-order valence-electron chi connectivity index (χ3n) is 6.23. The smallest absolute Gasteiger partial charge is 0.410 e. The Morgan fingerprint density at radius 3 is 2.19 bits per heavy atom. The van der Waals surface area contributed by atoms with E-state index in [4.69, 9.17) is 4.74 Å². The lowest BCUT2D eigenvalue weighted by Crippen LogP contribution is -2.57. The number of anilines is 2. The van der Waals surface area contributed by atoms with Gasteiger partial charge in [0, 0.05) is 38.6 Å². The van der Waals surface area contributed by atoms with Gasteiger partial charge < -0.3 is 19.4 Å². The Hall–Kier alpha value is -2.77. The Kier molecular flexibility index (Phi) is 5.81. The Morgan fingerprint density at radius 2 is 1.58 bits per heavy atom. The Labute approximate surface area is 183 Å². The second-order valence-electron chi connectivity index (χ2n) is 9.54. The zero-order chi connectivity index (χ0) is 22.2. The molecule has 1 atom stereocenters. The van der Waals surface area contributed by atoms with Crippen molar-refractivity contribution in [1.82, 2.24) is 10.2 Å². The predicted molar refractivity (Wildman–Crippen MR) is 118 cm³/mol. The molecule has 3 aliphatic rings. The van der Waals surface area contributed by atoms with Crippen molar-refractivity contribution in [3.8, 4) is 0 Å². The standard InChI is InChI=1S/C23H32N4O4/c1-23(2,3)31-22(30)25-12-10-16(11-13-25)26-14-15-27(18-7-5-4-6-17(18)26)19-8-9-20(28)24-21(19)29/h4-7,16,19H,8-15H2,1-3H3,(H,24,28,29). The highest BCUT2D eigenvalue weighted by atomic mass is 16.6. The summed E-state index contributed by atoms with van der Waals surface area (Å²) in [7, 11) is 0. The molecule has 0 saturated carbocycles. The molecule has 8 heteroatoms. The molecule has 3 heterocycles. The van der Waals surface area contributed by atoms with Crippen LogP contribution >= 0.6 is 0 Å². The SMILES string of the molecule is CC(C)(C)OC(=O)N1CCC(N2CCN(C3CCC(=O)NC3=O)c3ccccc32)CC1. The Balaban J connectivity index is 1.45. The van der Waals surface area contributed by atoms with E-state index in [1.807, 2.05) is 32.9 Å². The molecule has 0 aliphatic carbocycles. The number of carbonyl (C=O) groups excluding carboxylic acids is 3. The maximum atomic E-state index is 12.5. The molecule has 8 nitrogen and oxygen atoms in total. The van der Waals surface area contributed by atoms with Crippen LogP contribution in [0.2, 0.25) is 0 Å². The lowest BCUT2D eigenvalue weighted by molar-refractivity contribution is -0.134. The highest BCUT2D eigenvalue weighted by Crippen LogP contribution is 2.38. The van der Waals surface area contributed by atoms with Gasteiger partial charge in [-0.05, 0) is 52.2 Å². The zero-order valence-corrected chi connectivity index (χ0v) is 18.6. The van der Waals surface area contributed by atoms with Crippen LogP contribution in [0.1, 0.15) is 46.5 Å². The lowest BCUT2D eigenvalue weighted by Gasteiger charge is -2.47. The van der Waals surface area contributed by atoms with Gasteiger partial charge in [-0.25, -0.2) is 4.79 Å². The number of nitrogens with one attached hydrogen (secondary N) is 1. The van der Waals surface area contributed by atoms with Crippen molar-refractivity contribution in [3.05, 3.63) is 24.3 Å². The van der Waals surface area contributed by atoms with Crippen LogP contribution in [-0.2, 0) is 14.3 Å². The molecule has 0 radical (unpaired) electrons. The number of hydrogen-bond donors (Lipinski definition) is 1. The molecule has 3 aliphatic heterocycles. The van der Waals surface area contributed by atoms with E-state index in [0.717, 1.165) is 37.3 Å². The summed E-state index contributed by atoms with van der Waals surface area (Å²) in [6, 6.07) is 8.20. The van der Waals surface area contributed by atoms with Crippen LogP contribution in [0.4, 0.5) is 16.2 Å². The van der Waals surface area contributed by atoms with Crippen LogP contribution in [0.15, 0.2) is 24.3 Å². The van der Waals surface area contributed by atoms with Gasteiger partial charge in [0.25, 0.3) is 0 Å². The first-order chi connectivity index (χ1) is 14.7. The molecule has 0 aromatic heterocycles. The third kappa shape index (κ3) is 4.62. The van der Waals surface area contributed by atoms with Gasteiger partial charge in [-0.3, -0.25) is 14.9 Å². The second-order valence-corrected chi connectivity index (χ2v) is 9.54. The minimum atomic E-state index is -0.487. The van der Waals surface area contributed by atoms with Crippen LogP contribution in [0.5, 0.6) is 0 Å². The molecular weight excluding hydrogens is 396 g/mol. The number of rotatable bonds is 2. The first kappa shape index (κ1) is 21.5. The van der Waals surface area contributed by atoms with Gasteiger partial charge in [0.1, 0.15) is 11.6 Å². The van der Waals surface area contributed by atoms with E-state index in [0.29, 0.717) is 32.0 Å². The van der Waals surface area contributed by atoms with Gasteiger partial charge in [-0.15, -0.1) is 0 Å². The zero-order valence-electron chi connectivity index (χ0n) is 18.6. The van der Waals surface area contributed by atoms with Crippen LogP contribution in [-0.4, -0.2) is 66.7 Å². The highest BCUT2D eigenvalue weighted by molar-refractivity contribution is 6.02. The number of piperidine rings is 2. The molecule has 0 bridgehead atoms. The molecule has 1 aromatic rings. The van der Waals surface area contributed by atoms with Gasteiger partial charge in [0.05, 0.1) is 11.4 Å². The Morgan fingerprint density at radius 1 is 0.968 bits per heavy atom. The molecule has 1 aromatic carbocycles. The van der Waals surface area contributed by atoms with Crippen LogP contribution in [0.3, 0.4) is 0 Å². The number of likely N-dealkylation sites (tertiary alicyclic amines) is 1. The van der Waals surface area contributed by atoms with E-state index in [9.17, 15) is 14.4 Å². The summed E-state index contributed by atoms with van der Waals surface area (Å²) in [6.45, 7) is 8.55. The number of nitrogens with zero attached hydrogens (tertiary/aromatic N) is 3. The minimum Gasteiger partial charge on any atom is -0.444 e. The summed E-state index contributed by atoms with van der Waals surface area (Å²) in [5, 5.41) is 2.48. The average Bonchev–Trinajstić information content (AvgIpc) is 2.72. The summed E-state index contributed by atoms with van der Waals surface area (Å²) < 4.78 is 5.52. The fraction of sp³-hybridized carbons (Fsp3) is 0.609. The number of fused-ring (bicyclic) bond motifs is 1.